The second-order valence-corrected chi connectivity index (χ2v) is 5.75. The van der Waals surface area contributed by atoms with E-state index in [4.69, 9.17) is 29.3 Å². The molecule has 3 N–H and O–H groups in total. The van der Waals surface area contributed by atoms with E-state index in [0.29, 0.717) is 6.04 Å². The minimum atomic E-state index is -1.82. The standard InChI is InChI=1S/C17H29NO2.C2H2O4/c1-4-13-19-16-8-10-17(11-9-16)20-14-7-6-12-18-15(3)5-2;3-1(4)2(5)6/h8-11,15,18H,4-7,12-14H2,1-3H3;(H,3,4)(H,5,6). The summed E-state index contributed by atoms with van der Waals surface area (Å²) in [6.07, 6.45) is 4.45. The van der Waals surface area contributed by atoms with Crippen molar-refractivity contribution in [3.05, 3.63) is 24.3 Å². The van der Waals surface area contributed by atoms with E-state index in [9.17, 15) is 0 Å². The van der Waals surface area contributed by atoms with Crippen LogP contribution in [0.3, 0.4) is 0 Å². The Labute approximate surface area is 155 Å². The highest BCUT2D eigenvalue weighted by Gasteiger charge is 2.04. The number of carboxylic acids is 2. The molecule has 1 rings (SSSR count). The average molecular weight is 369 g/mol. The number of unbranched alkanes of at least 4 members (excludes halogenated alkanes) is 1. The Balaban J connectivity index is 0.000000896. The molecule has 7 nitrogen and oxygen atoms in total. The third kappa shape index (κ3) is 13.1. The quantitative estimate of drug-likeness (QED) is 0.406. The fourth-order valence-electron chi connectivity index (χ4n) is 1.76. The van der Waals surface area contributed by atoms with Gasteiger partial charge in [0.2, 0.25) is 0 Å². The first-order chi connectivity index (χ1) is 12.4. The highest BCUT2D eigenvalue weighted by Crippen LogP contribution is 2.17. The van der Waals surface area contributed by atoms with Crippen molar-refractivity contribution in [1.82, 2.24) is 5.32 Å². The zero-order valence-corrected chi connectivity index (χ0v) is 15.9. The summed E-state index contributed by atoms with van der Waals surface area (Å²) < 4.78 is 11.3. The van der Waals surface area contributed by atoms with E-state index in [2.05, 4.69) is 26.1 Å². The van der Waals surface area contributed by atoms with Crippen molar-refractivity contribution < 1.29 is 29.3 Å². The van der Waals surface area contributed by atoms with E-state index in [1.165, 1.54) is 6.42 Å². The highest BCUT2D eigenvalue weighted by atomic mass is 16.5. The number of benzene rings is 1. The first-order valence-electron chi connectivity index (χ1n) is 8.95. The summed E-state index contributed by atoms with van der Waals surface area (Å²) in [4.78, 5) is 18.2. The van der Waals surface area contributed by atoms with Crippen LogP contribution < -0.4 is 14.8 Å². The van der Waals surface area contributed by atoms with Crippen LogP contribution >= 0.6 is 0 Å². The van der Waals surface area contributed by atoms with Crippen LogP contribution in [-0.4, -0.2) is 48.0 Å². The zero-order chi connectivity index (χ0) is 19.8. The van der Waals surface area contributed by atoms with E-state index in [1.807, 2.05) is 24.3 Å². The predicted molar refractivity (Wildman–Crippen MR) is 100.0 cm³/mol. The molecular formula is C19H31NO6. The monoisotopic (exact) mass is 369 g/mol. The fourth-order valence-corrected chi connectivity index (χ4v) is 1.76. The molecule has 26 heavy (non-hydrogen) atoms. The summed E-state index contributed by atoms with van der Waals surface area (Å²) in [6.45, 7) is 9.14. The molecule has 1 aromatic rings. The number of hydrogen-bond acceptors (Lipinski definition) is 5. The predicted octanol–water partition coefficient (Wildman–Crippen LogP) is 3.18. The van der Waals surface area contributed by atoms with E-state index in [-0.39, 0.29) is 0 Å². The summed E-state index contributed by atoms with van der Waals surface area (Å²) >= 11 is 0. The lowest BCUT2D eigenvalue weighted by molar-refractivity contribution is -0.159. The molecule has 0 heterocycles. The molecule has 0 bridgehead atoms. The first-order valence-corrected chi connectivity index (χ1v) is 8.95. The lowest BCUT2D eigenvalue weighted by atomic mass is 10.2. The van der Waals surface area contributed by atoms with Crippen LogP contribution in [0.25, 0.3) is 0 Å². The molecule has 0 radical (unpaired) electrons. The van der Waals surface area contributed by atoms with Gasteiger partial charge in [0, 0.05) is 6.04 Å². The summed E-state index contributed by atoms with van der Waals surface area (Å²) in [6, 6.07) is 8.50. The van der Waals surface area contributed by atoms with Gasteiger partial charge in [0.15, 0.2) is 0 Å². The smallest absolute Gasteiger partial charge is 0.414 e. The minimum Gasteiger partial charge on any atom is -0.494 e. The lowest BCUT2D eigenvalue weighted by Crippen LogP contribution is -2.26. The Hall–Kier alpha value is -2.28. The van der Waals surface area contributed by atoms with Gasteiger partial charge in [0.1, 0.15) is 11.5 Å². The van der Waals surface area contributed by atoms with Gasteiger partial charge < -0.3 is 25.0 Å². The van der Waals surface area contributed by atoms with Gasteiger partial charge >= 0.3 is 11.9 Å². The van der Waals surface area contributed by atoms with Gasteiger partial charge in [-0.3, -0.25) is 0 Å². The molecule has 0 aliphatic heterocycles. The van der Waals surface area contributed by atoms with Crippen LogP contribution in [0.4, 0.5) is 0 Å². The number of ether oxygens (including phenoxy) is 2. The maximum Gasteiger partial charge on any atom is 0.414 e. The van der Waals surface area contributed by atoms with Crippen molar-refractivity contribution in [3.63, 3.8) is 0 Å². The van der Waals surface area contributed by atoms with Crippen LogP contribution in [0.5, 0.6) is 11.5 Å². The summed E-state index contributed by atoms with van der Waals surface area (Å²) in [5.41, 5.74) is 0. The minimum absolute atomic E-state index is 0.617. The maximum atomic E-state index is 9.10. The largest absolute Gasteiger partial charge is 0.494 e. The van der Waals surface area contributed by atoms with Crippen molar-refractivity contribution in [2.45, 2.75) is 52.5 Å². The number of carbonyl (C=O) groups is 2. The number of hydrogen-bond donors (Lipinski definition) is 3. The molecule has 148 valence electrons. The van der Waals surface area contributed by atoms with Crippen LogP contribution in [0.1, 0.15) is 46.5 Å². The highest BCUT2D eigenvalue weighted by molar-refractivity contribution is 6.27. The number of nitrogens with one attached hydrogen (secondary N) is 1. The van der Waals surface area contributed by atoms with Gasteiger partial charge in [-0.15, -0.1) is 0 Å². The van der Waals surface area contributed by atoms with Crippen molar-refractivity contribution in [1.29, 1.82) is 0 Å². The zero-order valence-electron chi connectivity index (χ0n) is 15.9. The van der Waals surface area contributed by atoms with E-state index in [0.717, 1.165) is 50.5 Å². The van der Waals surface area contributed by atoms with Gasteiger partial charge in [-0.2, -0.15) is 0 Å². The molecule has 0 fully saturated rings. The molecule has 0 saturated carbocycles. The Kier molecular flexibility index (Phi) is 13.7. The van der Waals surface area contributed by atoms with Gasteiger partial charge in [-0.05, 0) is 63.4 Å². The third-order valence-corrected chi connectivity index (χ3v) is 3.42. The van der Waals surface area contributed by atoms with Crippen molar-refractivity contribution in [3.8, 4) is 11.5 Å². The molecule has 0 aliphatic carbocycles. The second-order valence-electron chi connectivity index (χ2n) is 5.75. The Morgan fingerprint density at radius 1 is 0.962 bits per heavy atom. The number of carboxylic acid groups (broad SMARTS) is 2. The molecule has 1 aromatic carbocycles. The van der Waals surface area contributed by atoms with Crippen LogP contribution in [0.2, 0.25) is 0 Å². The molecular weight excluding hydrogens is 338 g/mol. The van der Waals surface area contributed by atoms with E-state index in [1.54, 1.807) is 0 Å². The van der Waals surface area contributed by atoms with E-state index >= 15 is 0 Å². The molecule has 0 aliphatic rings. The molecule has 1 unspecified atom stereocenters. The summed E-state index contributed by atoms with van der Waals surface area (Å²) in [7, 11) is 0. The fraction of sp³-hybridized carbons (Fsp3) is 0.579. The van der Waals surface area contributed by atoms with Gasteiger partial charge in [-0.25, -0.2) is 9.59 Å². The Morgan fingerprint density at radius 3 is 1.88 bits per heavy atom. The SMILES string of the molecule is CCCOc1ccc(OCCCCNC(C)CC)cc1.O=C(O)C(=O)O. The molecule has 1 atom stereocenters. The van der Waals surface area contributed by atoms with Gasteiger partial charge in [-0.1, -0.05) is 13.8 Å². The van der Waals surface area contributed by atoms with Gasteiger partial charge in [0.25, 0.3) is 0 Å². The van der Waals surface area contributed by atoms with Crippen molar-refractivity contribution in [2.75, 3.05) is 19.8 Å². The van der Waals surface area contributed by atoms with E-state index < -0.39 is 11.9 Å². The second kappa shape index (κ2) is 15.0. The Morgan fingerprint density at radius 2 is 1.46 bits per heavy atom. The molecule has 0 amide bonds. The number of rotatable bonds is 11. The van der Waals surface area contributed by atoms with Crippen LogP contribution in [-0.2, 0) is 9.59 Å². The topological polar surface area (TPSA) is 105 Å². The maximum absolute atomic E-state index is 9.10. The lowest BCUT2D eigenvalue weighted by Gasteiger charge is -2.11. The molecule has 0 aromatic heterocycles. The van der Waals surface area contributed by atoms with Crippen LogP contribution in [0, 0.1) is 0 Å². The third-order valence-electron chi connectivity index (χ3n) is 3.42. The number of aliphatic carboxylic acids is 2. The normalized spacial score (nSPS) is 11.0. The van der Waals surface area contributed by atoms with Crippen molar-refractivity contribution in [2.24, 2.45) is 0 Å². The van der Waals surface area contributed by atoms with Crippen LogP contribution in [0.15, 0.2) is 24.3 Å². The molecule has 0 spiro atoms. The summed E-state index contributed by atoms with van der Waals surface area (Å²) in [5.74, 6) is -1.81. The average Bonchev–Trinajstić information content (AvgIpc) is 2.63. The molecule has 7 heteroatoms. The molecule has 0 saturated heterocycles. The first kappa shape index (κ1) is 23.7. The van der Waals surface area contributed by atoms with Crippen molar-refractivity contribution >= 4 is 11.9 Å². The summed E-state index contributed by atoms with van der Waals surface area (Å²) in [5, 5.41) is 18.3. The van der Waals surface area contributed by atoms with Gasteiger partial charge in [0.05, 0.1) is 13.2 Å². The Bertz CT molecular complexity index is 491.